The standard InChI is InChI=1S/C17H25N5.HI/c18-17(21-14-7-3-1-2-4-8-14)19-11-10-15-13-22-12-6-5-9-16(22)20-15;/h5-6,9,12-14H,1-4,7-8,10-11H2,(H3,18,19,21);1H. The molecule has 0 saturated heterocycles. The third kappa shape index (κ3) is 5.37. The molecule has 1 saturated carbocycles. The van der Waals surface area contributed by atoms with Crippen molar-refractivity contribution < 1.29 is 0 Å². The number of nitrogens with one attached hydrogen (secondary N) is 1. The Bertz CT molecular complexity index is 596. The number of pyridine rings is 1. The molecule has 1 aliphatic rings. The maximum atomic E-state index is 6.01. The van der Waals surface area contributed by atoms with E-state index < -0.39 is 0 Å². The number of aromatic nitrogens is 2. The average molecular weight is 427 g/mol. The molecule has 6 heteroatoms. The molecule has 0 radical (unpaired) electrons. The Kier molecular flexibility index (Phi) is 7.14. The van der Waals surface area contributed by atoms with Crippen molar-refractivity contribution in [1.29, 1.82) is 0 Å². The van der Waals surface area contributed by atoms with Gasteiger partial charge in [0.2, 0.25) is 0 Å². The van der Waals surface area contributed by atoms with Crippen LogP contribution < -0.4 is 11.1 Å². The lowest BCUT2D eigenvalue weighted by molar-refractivity contribution is 0.530. The van der Waals surface area contributed by atoms with Gasteiger partial charge in [-0.05, 0) is 25.0 Å². The first kappa shape index (κ1) is 18.0. The minimum Gasteiger partial charge on any atom is -0.370 e. The molecule has 1 aliphatic carbocycles. The van der Waals surface area contributed by atoms with Gasteiger partial charge in [0.25, 0.3) is 0 Å². The zero-order valence-electron chi connectivity index (χ0n) is 13.4. The lowest BCUT2D eigenvalue weighted by Gasteiger charge is -2.16. The zero-order chi connectivity index (χ0) is 15.2. The van der Waals surface area contributed by atoms with Gasteiger partial charge in [-0.15, -0.1) is 24.0 Å². The highest BCUT2D eigenvalue weighted by Crippen LogP contribution is 2.16. The molecule has 0 amide bonds. The van der Waals surface area contributed by atoms with Gasteiger partial charge in [-0.1, -0.05) is 31.7 Å². The maximum Gasteiger partial charge on any atom is 0.188 e. The van der Waals surface area contributed by atoms with Gasteiger partial charge in [0.05, 0.1) is 5.69 Å². The van der Waals surface area contributed by atoms with Crippen LogP contribution in [-0.2, 0) is 6.42 Å². The molecule has 126 valence electrons. The average Bonchev–Trinajstić information content (AvgIpc) is 2.75. The maximum absolute atomic E-state index is 6.01. The van der Waals surface area contributed by atoms with Crippen LogP contribution in [0.4, 0.5) is 0 Å². The molecule has 0 aliphatic heterocycles. The Hall–Kier alpha value is -1.31. The first-order valence-electron chi connectivity index (χ1n) is 8.30. The van der Waals surface area contributed by atoms with E-state index in [1.807, 2.05) is 28.8 Å². The summed E-state index contributed by atoms with van der Waals surface area (Å²) in [4.78, 5) is 9.02. The Labute approximate surface area is 154 Å². The van der Waals surface area contributed by atoms with Crippen molar-refractivity contribution in [2.75, 3.05) is 6.54 Å². The van der Waals surface area contributed by atoms with E-state index in [0.29, 0.717) is 18.5 Å². The minimum atomic E-state index is 0. The Morgan fingerprint density at radius 2 is 2.04 bits per heavy atom. The van der Waals surface area contributed by atoms with Gasteiger partial charge in [-0.3, -0.25) is 4.99 Å². The fourth-order valence-electron chi connectivity index (χ4n) is 3.08. The topological polar surface area (TPSA) is 67.7 Å². The van der Waals surface area contributed by atoms with Crippen molar-refractivity contribution in [2.45, 2.75) is 51.0 Å². The highest BCUT2D eigenvalue weighted by molar-refractivity contribution is 14.0. The molecule has 1 fully saturated rings. The number of rotatable bonds is 4. The lowest BCUT2D eigenvalue weighted by atomic mass is 10.1. The Morgan fingerprint density at radius 1 is 1.26 bits per heavy atom. The molecule has 0 bridgehead atoms. The predicted octanol–water partition coefficient (Wildman–Crippen LogP) is 3.12. The molecule has 3 N–H and O–H groups in total. The normalized spacial score (nSPS) is 16.8. The number of hydrogen-bond acceptors (Lipinski definition) is 2. The minimum absolute atomic E-state index is 0. The summed E-state index contributed by atoms with van der Waals surface area (Å²) in [5.41, 5.74) is 8.04. The van der Waals surface area contributed by atoms with Crippen LogP contribution in [0.2, 0.25) is 0 Å². The Morgan fingerprint density at radius 3 is 2.78 bits per heavy atom. The summed E-state index contributed by atoms with van der Waals surface area (Å²) in [6.07, 6.45) is 12.6. The number of halogens is 1. The van der Waals surface area contributed by atoms with Gasteiger partial charge >= 0.3 is 0 Å². The summed E-state index contributed by atoms with van der Waals surface area (Å²) in [7, 11) is 0. The third-order valence-electron chi connectivity index (χ3n) is 4.27. The molecule has 23 heavy (non-hydrogen) atoms. The van der Waals surface area contributed by atoms with E-state index in [4.69, 9.17) is 5.73 Å². The summed E-state index contributed by atoms with van der Waals surface area (Å²) in [5, 5.41) is 3.37. The number of hydrogen-bond donors (Lipinski definition) is 2. The first-order chi connectivity index (χ1) is 10.8. The SMILES string of the molecule is I.NC(=NCCc1cn2ccccc2n1)NC1CCCCCC1. The van der Waals surface area contributed by atoms with Crippen molar-refractivity contribution in [3.05, 3.63) is 36.3 Å². The van der Waals surface area contributed by atoms with E-state index in [1.165, 1.54) is 38.5 Å². The van der Waals surface area contributed by atoms with Crippen molar-refractivity contribution >= 4 is 35.6 Å². The van der Waals surface area contributed by atoms with E-state index >= 15 is 0 Å². The number of imidazole rings is 1. The molecular weight excluding hydrogens is 401 g/mol. The number of fused-ring (bicyclic) bond motifs is 1. The number of guanidine groups is 1. The second-order valence-electron chi connectivity index (χ2n) is 6.05. The van der Waals surface area contributed by atoms with Crippen LogP contribution in [0.3, 0.4) is 0 Å². The van der Waals surface area contributed by atoms with Crippen LogP contribution >= 0.6 is 24.0 Å². The largest absolute Gasteiger partial charge is 0.370 e. The molecule has 2 heterocycles. The van der Waals surface area contributed by atoms with Gasteiger partial charge in [-0.25, -0.2) is 4.98 Å². The van der Waals surface area contributed by atoms with Gasteiger partial charge in [-0.2, -0.15) is 0 Å². The van der Waals surface area contributed by atoms with E-state index in [2.05, 4.69) is 21.5 Å². The van der Waals surface area contributed by atoms with Crippen molar-refractivity contribution in [3.63, 3.8) is 0 Å². The number of nitrogens with zero attached hydrogens (tertiary/aromatic N) is 3. The number of nitrogens with two attached hydrogens (primary N) is 1. The van der Waals surface area contributed by atoms with Crippen LogP contribution in [0.5, 0.6) is 0 Å². The van der Waals surface area contributed by atoms with Crippen LogP contribution in [0.15, 0.2) is 35.6 Å². The van der Waals surface area contributed by atoms with Gasteiger partial charge in [0.1, 0.15) is 5.65 Å². The Balaban J connectivity index is 0.00000192. The third-order valence-corrected chi connectivity index (χ3v) is 4.27. The molecule has 0 aromatic carbocycles. The molecule has 2 aromatic rings. The second-order valence-corrected chi connectivity index (χ2v) is 6.05. The first-order valence-corrected chi connectivity index (χ1v) is 8.30. The highest BCUT2D eigenvalue weighted by atomic mass is 127. The summed E-state index contributed by atoms with van der Waals surface area (Å²) in [6, 6.07) is 6.51. The molecule has 0 unspecified atom stereocenters. The van der Waals surface area contributed by atoms with Crippen LogP contribution in [0.25, 0.3) is 5.65 Å². The van der Waals surface area contributed by atoms with Crippen LogP contribution in [-0.4, -0.2) is 27.9 Å². The van der Waals surface area contributed by atoms with E-state index in [1.54, 1.807) is 0 Å². The monoisotopic (exact) mass is 427 g/mol. The lowest BCUT2D eigenvalue weighted by Crippen LogP contribution is -2.40. The van der Waals surface area contributed by atoms with Crippen LogP contribution in [0, 0.1) is 0 Å². The molecule has 0 spiro atoms. The molecular formula is C17H26IN5. The summed E-state index contributed by atoms with van der Waals surface area (Å²) < 4.78 is 2.03. The summed E-state index contributed by atoms with van der Waals surface area (Å²) >= 11 is 0. The van der Waals surface area contributed by atoms with Crippen molar-refractivity contribution in [2.24, 2.45) is 10.7 Å². The molecule has 3 rings (SSSR count). The molecule has 0 atom stereocenters. The fourth-order valence-corrected chi connectivity index (χ4v) is 3.08. The van der Waals surface area contributed by atoms with Crippen molar-refractivity contribution in [3.8, 4) is 0 Å². The smallest absolute Gasteiger partial charge is 0.188 e. The predicted molar refractivity (Wildman–Crippen MR) is 105 cm³/mol. The van der Waals surface area contributed by atoms with Crippen LogP contribution in [0.1, 0.15) is 44.2 Å². The van der Waals surface area contributed by atoms with E-state index in [0.717, 1.165) is 17.8 Å². The van der Waals surface area contributed by atoms with Crippen molar-refractivity contribution in [1.82, 2.24) is 14.7 Å². The second kappa shape index (κ2) is 9.10. The summed E-state index contributed by atoms with van der Waals surface area (Å²) in [6.45, 7) is 0.676. The van der Waals surface area contributed by atoms with E-state index in [9.17, 15) is 0 Å². The molecule has 5 nitrogen and oxygen atoms in total. The number of aliphatic imine (C=N–C) groups is 1. The van der Waals surface area contributed by atoms with Gasteiger partial charge in [0.15, 0.2) is 5.96 Å². The molecule has 2 aromatic heterocycles. The van der Waals surface area contributed by atoms with Gasteiger partial charge in [0, 0.05) is 31.4 Å². The zero-order valence-corrected chi connectivity index (χ0v) is 15.8. The van der Waals surface area contributed by atoms with Gasteiger partial charge < -0.3 is 15.5 Å². The summed E-state index contributed by atoms with van der Waals surface area (Å²) in [5.74, 6) is 0.579. The quantitative estimate of drug-likeness (QED) is 0.341. The van der Waals surface area contributed by atoms with E-state index in [-0.39, 0.29) is 24.0 Å². The fraction of sp³-hybridized carbons (Fsp3) is 0.529. The highest BCUT2D eigenvalue weighted by Gasteiger charge is 2.12.